The topological polar surface area (TPSA) is 49.6 Å². The Kier molecular flexibility index (Phi) is 5.22. The van der Waals surface area contributed by atoms with Crippen molar-refractivity contribution in [3.05, 3.63) is 0 Å². The standard InChI is InChI=1S/C15H29N3O/c1-3-18-9-5-8-14(18)11-17(2)15(19)12-6-4-7-13(16)10-12/h12-14H,3-11,16H2,1-2H3. The van der Waals surface area contributed by atoms with E-state index in [1.165, 1.54) is 19.4 Å². The van der Waals surface area contributed by atoms with Gasteiger partial charge in [-0.2, -0.15) is 0 Å². The lowest BCUT2D eigenvalue weighted by Crippen LogP contribution is -2.44. The molecular formula is C15H29N3O. The molecule has 3 unspecified atom stereocenters. The van der Waals surface area contributed by atoms with Gasteiger partial charge in [-0.25, -0.2) is 0 Å². The van der Waals surface area contributed by atoms with Crippen LogP contribution >= 0.6 is 0 Å². The number of nitrogens with zero attached hydrogens (tertiary/aromatic N) is 2. The summed E-state index contributed by atoms with van der Waals surface area (Å²) in [6, 6.07) is 0.797. The summed E-state index contributed by atoms with van der Waals surface area (Å²) >= 11 is 0. The second-order valence-electron chi connectivity index (χ2n) is 6.27. The summed E-state index contributed by atoms with van der Waals surface area (Å²) in [6.45, 7) is 5.39. The number of likely N-dealkylation sites (N-methyl/N-ethyl adjacent to an activating group) is 2. The Morgan fingerprint density at radius 2 is 2.11 bits per heavy atom. The lowest BCUT2D eigenvalue weighted by Gasteiger charge is -2.32. The first-order valence-electron chi connectivity index (χ1n) is 7.86. The van der Waals surface area contributed by atoms with Crippen molar-refractivity contribution in [2.45, 2.75) is 57.5 Å². The maximum atomic E-state index is 12.5. The lowest BCUT2D eigenvalue weighted by atomic mass is 9.85. The van der Waals surface area contributed by atoms with Gasteiger partial charge in [-0.3, -0.25) is 9.69 Å². The van der Waals surface area contributed by atoms with Gasteiger partial charge in [-0.1, -0.05) is 13.3 Å². The van der Waals surface area contributed by atoms with E-state index >= 15 is 0 Å². The quantitative estimate of drug-likeness (QED) is 0.838. The molecule has 2 rings (SSSR count). The molecule has 0 aromatic rings. The highest BCUT2D eigenvalue weighted by Gasteiger charge is 2.30. The highest BCUT2D eigenvalue weighted by Crippen LogP contribution is 2.25. The van der Waals surface area contributed by atoms with Gasteiger partial charge in [-0.05, 0) is 45.2 Å². The third kappa shape index (κ3) is 3.69. The molecule has 2 N–H and O–H groups in total. The van der Waals surface area contributed by atoms with E-state index in [-0.39, 0.29) is 12.0 Å². The molecule has 19 heavy (non-hydrogen) atoms. The van der Waals surface area contributed by atoms with E-state index in [2.05, 4.69) is 11.8 Å². The summed E-state index contributed by atoms with van der Waals surface area (Å²) in [4.78, 5) is 16.9. The zero-order valence-corrected chi connectivity index (χ0v) is 12.5. The number of hydrogen-bond donors (Lipinski definition) is 1. The van der Waals surface area contributed by atoms with E-state index in [9.17, 15) is 4.79 Å². The zero-order chi connectivity index (χ0) is 13.8. The van der Waals surface area contributed by atoms with Gasteiger partial charge in [0.1, 0.15) is 0 Å². The molecule has 0 radical (unpaired) electrons. The summed E-state index contributed by atoms with van der Waals surface area (Å²) in [5, 5.41) is 0. The first-order valence-corrected chi connectivity index (χ1v) is 7.86. The van der Waals surface area contributed by atoms with Crippen LogP contribution in [0, 0.1) is 5.92 Å². The fourth-order valence-corrected chi connectivity index (χ4v) is 3.69. The Labute approximate surface area is 117 Å². The molecule has 1 heterocycles. The van der Waals surface area contributed by atoms with Crippen LogP contribution in [0.25, 0.3) is 0 Å². The maximum absolute atomic E-state index is 12.5. The van der Waals surface area contributed by atoms with E-state index in [1.807, 2.05) is 11.9 Å². The van der Waals surface area contributed by atoms with Gasteiger partial charge in [0.05, 0.1) is 0 Å². The van der Waals surface area contributed by atoms with E-state index in [4.69, 9.17) is 5.73 Å². The summed E-state index contributed by atoms with van der Waals surface area (Å²) in [5.74, 6) is 0.489. The van der Waals surface area contributed by atoms with Crippen molar-refractivity contribution in [1.29, 1.82) is 0 Å². The fourth-order valence-electron chi connectivity index (χ4n) is 3.69. The van der Waals surface area contributed by atoms with Gasteiger partial charge in [0.25, 0.3) is 0 Å². The molecule has 1 saturated carbocycles. The molecule has 1 aliphatic carbocycles. The van der Waals surface area contributed by atoms with Crippen LogP contribution in [0.2, 0.25) is 0 Å². The van der Waals surface area contributed by atoms with Crippen molar-refractivity contribution < 1.29 is 4.79 Å². The zero-order valence-electron chi connectivity index (χ0n) is 12.5. The number of carbonyl (C=O) groups excluding carboxylic acids is 1. The van der Waals surface area contributed by atoms with Crippen LogP contribution in [0.1, 0.15) is 45.4 Å². The van der Waals surface area contributed by atoms with Crippen LogP contribution in [-0.4, -0.2) is 54.5 Å². The molecule has 0 spiro atoms. The number of amides is 1. The Morgan fingerprint density at radius 3 is 2.79 bits per heavy atom. The summed E-state index contributed by atoms with van der Waals surface area (Å²) in [6.07, 6.45) is 6.60. The van der Waals surface area contributed by atoms with E-state index in [0.29, 0.717) is 11.9 Å². The van der Waals surface area contributed by atoms with Crippen LogP contribution in [0.3, 0.4) is 0 Å². The van der Waals surface area contributed by atoms with Gasteiger partial charge >= 0.3 is 0 Å². The molecule has 1 saturated heterocycles. The van der Waals surface area contributed by atoms with Crippen molar-refractivity contribution in [3.63, 3.8) is 0 Å². The number of hydrogen-bond acceptors (Lipinski definition) is 3. The second kappa shape index (κ2) is 6.71. The average molecular weight is 267 g/mol. The SMILES string of the molecule is CCN1CCCC1CN(C)C(=O)C1CCCC(N)C1. The van der Waals surface area contributed by atoms with Gasteiger partial charge in [-0.15, -0.1) is 0 Å². The minimum absolute atomic E-state index is 0.172. The molecule has 0 aromatic carbocycles. The van der Waals surface area contributed by atoms with Crippen LogP contribution in [0.15, 0.2) is 0 Å². The van der Waals surface area contributed by atoms with Crippen molar-refractivity contribution >= 4 is 5.91 Å². The summed E-state index contributed by atoms with van der Waals surface area (Å²) in [7, 11) is 1.97. The second-order valence-corrected chi connectivity index (χ2v) is 6.27. The molecule has 0 aromatic heterocycles. The largest absolute Gasteiger partial charge is 0.344 e. The predicted octanol–water partition coefficient (Wildman–Crippen LogP) is 1.45. The van der Waals surface area contributed by atoms with Gasteiger partial charge in [0, 0.05) is 31.6 Å². The van der Waals surface area contributed by atoms with Crippen molar-refractivity contribution in [1.82, 2.24) is 9.80 Å². The molecular weight excluding hydrogens is 238 g/mol. The Morgan fingerprint density at radius 1 is 1.32 bits per heavy atom. The van der Waals surface area contributed by atoms with E-state index in [1.54, 1.807) is 0 Å². The van der Waals surface area contributed by atoms with Crippen LogP contribution < -0.4 is 5.73 Å². The molecule has 4 nitrogen and oxygen atoms in total. The van der Waals surface area contributed by atoms with Gasteiger partial charge in [0.2, 0.25) is 5.91 Å². The highest BCUT2D eigenvalue weighted by atomic mass is 16.2. The number of carbonyl (C=O) groups is 1. The molecule has 2 aliphatic rings. The Bertz CT molecular complexity index is 308. The maximum Gasteiger partial charge on any atom is 0.225 e. The van der Waals surface area contributed by atoms with Crippen molar-refractivity contribution in [2.24, 2.45) is 11.7 Å². The normalized spacial score (nSPS) is 32.5. The molecule has 2 fully saturated rings. The van der Waals surface area contributed by atoms with Crippen molar-refractivity contribution in [3.8, 4) is 0 Å². The number of nitrogens with two attached hydrogens (primary N) is 1. The van der Waals surface area contributed by atoms with Crippen LogP contribution in [0.5, 0.6) is 0 Å². The molecule has 1 amide bonds. The Hall–Kier alpha value is -0.610. The first kappa shape index (κ1) is 14.8. The molecule has 110 valence electrons. The third-order valence-corrected chi connectivity index (χ3v) is 4.83. The first-order chi connectivity index (χ1) is 9.11. The minimum Gasteiger partial charge on any atom is -0.344 e. The predicted molar refractivity (Wildman–Crippen MR) is 77.8 cm³/mol. The molecule has 1 aliphatic heterocycles. The molecule has 3 atom stereocenters. The minimum atomic E-state index is 0.172. The summed E-state index contributed by atoms with van der Waals surface area (Å²) in [5.41, 5.74) is 5.99. The van der Waals surface area contributed by atoms with E-state index in [0.717, 1.165) is 38.8 Å². The highest BCUT2D eigenvalue weighted by molar-refractivity contribution is 5.78. The number of rotatable bonds is 4. The molecule has 0 bridgehead atoms. The summed E-state index contributed by atoms with van der Waals surface area (Å²) < 4.78 is 0. The van der Waals surface area contributed by atoms with Gasteiger partial charge in [0.15, 0.2) is 0 Å². The van der Waals surface area contributed by atoms with Crippen LogP contribution in [0.4, 0.5) is 0 Å². The molecule has 4 heteroatoms. The smallest absolute Gasteiger partial charge is 0.225 e. The third-order valence-electron chi connectivity index (χ3n) is 4.83. The number of likely N-dealkylation sites (tertiary alicyclic amines) is 1. The monoisotopic (exact) mass is 267 g/mol. The Balaban J connectivity index is 1.84. The van der Waals surface area contributed by atoms with Crippen LogP contribution in [-0.2, 0) is 4.79 Å². The van der Waals surface area contributed by atoms with Gasteiger partial charge < -0.3 is 10.6 Å². The lowest BCUT2D eigenvalue weighted by molar-refractivity contribution is -0.136. The van der Waals surface area contributed by atoms with E-state index < -0.39 is 0 Å². The average Bonchev–Trinajstić information content (AvgIpc) is 2.85. The van der Waals surface area contributed by atoms with Crippen molar-refractivity contribution in [2.75, 3.05) is 26.7 Å². The fraction of sp³-hybridized carbons (Fsp3) is 0.933.